The Morgan fingerprint density at radius 2 is 2.08 bits per heavy atom. The second-order valence-corrected chi connectivity index (χ2v) is 3.65. The van der Waals surface area contributed by atoms with Gasteiger partial charge in [0.2, 0.25) is 0 Å². The van der Waals surface area contributed by atoms with Gasteiger partial charge in [-0.25, -0.2) is 0 Å². The summed E-state index contributed by atoms with van der Waals surface area (Å²) in [5, 5.41) is 18.7. The maximum absolute atomic E-state index is 10.0. The van der Waals surface area contributed by atoms with Crippen LogP contribution in [0, 0.1) is 0 Å². The number of ether oxygens (including phenoxy) is 1. The summed E-state index contributed by atoms with van der Waals surface area (Å²) in [5.74, 6) is 0. The zero-order chi connectivity index (χ0) is 9.78. The van der Waals surface area contributed by atoms with Crippen LogP contribution in [0.15, 0.2) is 0 Å². The van der Waals surface area contributed by atoms with Crippen LogP contribution in [-0.4, -0.2) is 56.1 Å². The van der Waals surface area contributed by atoms with Gasteiger partial charge in [0.05, 0.1) is 27.7 Å². The number of rotatable bonds is 4. The normalized spacial score (nSPS) is 14.0. The number of carboxylic acid groups (broad SMARTS) is 1. The Balaban J connectivity index is 3.92. The molecule has 5 nitrogen and oxygen atoms in total. The highest BCUT2D eigenvalue weighted by Crippen LogP contribution is 1.98. The van der Waals surface area contributed by atoms with E-state index in [0.717, 1.165) is 0 Å². The van der Waals surface area contributed by atoms with E-state index >= 15 is 0 Å². The molecule has 1 N–H and O–H groups in total. The van der Waals surface area contributed by atoms with Crippen LogP contribution in [0.3, 0.4) is 0 Å². The van der Waals surface area contributed by atoms with E-state index in [-0.39, 0.29) is 6.61 Å². The summed E-state index contributed by atoms with van der Waals surface area (Å²) >= 11 is 0. The van der Waals surface area contributed by atoms with Crippen molar-refractivity contribution in [2.24, 2.45) is 0 Å². The standard InChI is InChI=1S/C7H15NO4/c1-8(2,3)4-6(5-9)12-7(10)11/h6,9H,4-5H2,1-3H3. The largest absolute Gasteiger partial charge is 0.538 e. The summed E-state index contributed by atoms with van der Waals surface area (Å²) in [6.45, 7) is 0.105. The minimum Gasteiger partial charge on any atom is -0.538 e. The zero-order valence-corrected chi connectivity index (χ0v) is 7.61. The number of nitrogens with zero attached hydrogens (tertiary/aromatic N) is 1. The third-order valence-electron chi connectivity index (χ3n) is 1.22. The van der Waals surface area contributed by atoms with E-state index in [1.807, 2.05) is 21.1 Å². The Kier molecular flexibility index (Phi) is 3.99. The molecule has 5 heteroatoms. The molecule has 0 saturated heterocycles. The lowest BCUT2D eigenvalue weighted by Crippen LogP contribution is -2.45. The minimum absolute atomic E-state index is 0.316. The topological polar surface area (TPSA) is 69.6 Å². The molecule has 0 rings (SSSR count). The molecular weight excluding hydrogens is 162 g/mol. The van der Waals surface area contributed by atoms with Crippen LogP contribution in [0.2, 0.25) is 0 Å². The number of aliphatic hydroxyl groups excluding tert-OH is 1. The van der Waals surface area contributed by atoms with E-state index < -0.39 is 12.3 Å². The molecule has 12 heavy (non-hydrogen) atoms. The molecular formula is C7H15NO4. The first-order chi connectivity index (χ1) is 5.35. The number of hydrogen-bond acceptors (Lipinski definition) is 4. The van der Waals surface area contributed by atoms with Gasteiger partial charge in [0.15, 0.2) is 0 Å². The summed E-state index contributed by atoms with van der Waals surface area (Å²) in [4.78, 5) is 10.0. The number of hydrogen-bond donors (Lipinski definition) is 1. The van der Waals surface area contributed by atoms with Gasteiger partial charge in [-0.2, -0.15) is 0 Å². The van der Waals surface area contributed by atoms with Crippen molar-refractivity contribution < 1.29 is 24.2 Å². The summed E-state index contributed by atoms with van der Waals surface area (Å²) in [6, 6.07) is 0. The van der Waals surface area contributed by atoms with Gasteiger partial charge in [0.25, 0.3) is 6.16 Å². The van der Waals surface area contributed by atoms with E-state index in [4.69, 9.17) is 5.11 Å². The predicted octanol–water partition coefficient (Wildman–Crippen LogP) is -1.59. The monoisotopic (exact) mass is 177 g/mol. The van der Waals surface area contributed by atoms with Crippen LogP contribution in [0.1, 0.15) is 0 Å². The van der Waals surface area contributed by atoms with E-state index in [2.05, 4.69) is 4.74 Å². The maximum atomic E-state index is 10.0. The molecule has 0 aliphatic carbocycles. The van der Waals surface area contributed by atoms with Gasteiger partial charge >= 0.3 is 0 Å². The van der Waals surface area contributed by atoms with E-state index in [9.17, 15) is 9.90 Å². The predicted molar refractivity (Wildman–Crippen MR) is 40.3 cm³/mol. The van der Waals surface area contributed by atoms with Gasteiger partial charge in [-0.1, -0.05) is 0 Å². The fourth-order valence-electron chi connectivity index (χ4n) is 0.879. The SMILES string of the molecule is C[N+](C)(C)CC(CO)OC(=O)[O-]. The highest BCUT2D eigenvalue weighted by Gasteiger charge is 2.15. The van der Waals surface area contributed by atoms with Crippen molar-refractivity contribution in [2.45, 2.75) is 6.10 Å². The Morgan fingerprint density at radius 1 is 1.58 bits per heavy atom. The van der Waals surface area contributed by atoms with Gasteiger partial charge in [-0.05, 0) is 0 Å². The summed E-state index contributed by atoms with van der Waals surface area (Å²) in [5.41, 5.74) is 0. The molecule has 0 saturated carbocycles. The molecule has 0 heterocycles. The van der Waals surface area contributed by atoms with Crippen molar-refractivity contribution in [1.29, 1.82) is 0 Å². The second kappa shape index (κ2) is 4.27. The van der Waals surface area contributed by atoms with Gasteiger partial charge < -0.3 is 24.2 Å². The fourth-order valence-corrected chi connectivity index (χ4v) is 0.879. The summed E-state index contributed by atoms with van der Waals surface area (Å²) < 4.78 is 4.84. The Morgan fingerprint density at radius 3 is 2.33 bits per heavy atom. The molecule has 0 radical (unpaired) electrons. The average Bonchev–Trinajstić information content (AvgIpc) is 1.82. The van der Waals surface area contributed by atoms with E-state index in [1.165, 1.54) is 0 Å². The Labute approximate surface area is 71.8 Å². The third kappa shape index (κ3) is 5.94. The van der Waals surface area contributed by atoms with Gasteiger partial charge in [-0.3, -0.25) is 0 Å². The van der Waals surface area contributed by atoms with Crippen LogP contribution in [-0.2, 0) is 4.74 Å². The summed E-state index contributed by atoms with van der Waals surface area (Å²) in [7, 11) is 5.63. The number of carbonyl (C=O) groups is 1. The van der Waals surface area contributed by atoms with Crippen LogP contribution in [0.5, 0.6) is 0 Å². The number of likely N-dealkylation sites (N-methyl/N-ethyl adjacent to an activating group) is 1. The number of quaternary nitrogens is 1. The Bertz CT molecular complexity index is 152. The van der Waals surface area contributed by atoms with Gasteiger partial charge in [-0.15, -0.1) is 0 Å². The first-order valence-corrected chi connectivity index (χ1v) is 3.64. The van der Waals surface area contributed by atoms with Gasteiger partial charge in [0.1, 0.15) is 12.6 Å². The molecule has 1 unspecified atom stereocenters. The lowest BCUT2D eigenvalue weighted by molar-refractivity contribution is -0.873. The van der Waals surface area contributed by atoms with Gasteiger partial charge in [0, 0.05) is 0 Å². The first kappa shape index (κ1) is 11.2. The van der Waals surface area contributed by atoms with Crippen molar-refractivity contribution in [2.75, 3.05) is 34.3 Å². The van der Waals surface area contributed by atoms with Crippen LogP contribution >= 0.6 is 0 Å². The van der Waals surface area contributed by atoms with E-state index in [1.54, 1.807) is 0 Å². The summed E-state index contributed by atoms with van der Waals surface area (Å²) in [6.07, 6.45) is -2.29. The molecule has 0 fully saturated rings. The molecule has 0 amide bonds. The van der Waals surface area contributed by atoms with Crippen molar-refractivity contribution >= 4 is 6.16 Å². The molecule has 0 aliphatic heterocycles. The van der Waals surface area contributed by atoms with Crippen molar-refractivity contribution in [1.82, 2.24) is 0 Å². The first-order valence-electron chi connectivity index (χ1n) is 3.64. The average molecular weight is 177 g/mol. The van der Waals surface area contributed by atoms with E-state index in [0.29, 0.717) is 11.0 Å². The smallest absolute Gasteiger partial charge is 0.252 e. The van der Waals surface area contributed by atoms with Crippen LogP contribution in [0.25, 0.3) is 0 Å². The van der Waals surface area contributed by atoms with Crippen molar-refractivity contribution in [3.63, 3.8) is 0 Å². The fraction of sp³-hybridized carbons (Fsp3) is 0.857. The van der Waals surface area contributed by atoms with Crippen LogP contribution in [0.4, 0.5) is 4.79 Å². The number of carbonyl (C=O) groups excluding carboxylic acids is 1. The number of aliphatic hydroxyl groups is 1. The third-order valence-corrected chi connectivity index (χ3v) is 1.22. The molecule has 0 spiro atoms. The molecule has 72 valence electrons. The second-order valence-electron chi connectivity index (χ2n) is 3.65. The van der Waals surface area contributed by atoms with Crippen molar-refractivity contribution in [3.05, 3.63) is 0 Å². The quantitative estimate of drug-likeness (QED) is 0.415. The molecule has 0 aromatic rings. The highest BCUT2D eigenvalue weighted by molar-refractivity contribution is 5.54. The van der Waals surface area contributed by atoms with Crippen molar-refractivity contribution in [3.8, 4) is 0 Å². The molecule has 0 aromatic carbocycles. The molecule has 0 aromatic heterocycles. The lowest BCUT2D eigenvalue weighted by Gasteiger charge is -2.30. The minimum atomic E-state index is -1.59. The van der Waals surface area contributed by atoms with Crippen LogP contribution < -0.4 is 5.11 Å². The lowest BCUT2D eigenvalue weighted by atomic mass is 10.3. The maximum Gasteiger partial charge on any atom is 0.252 e. The molecule has 0 aliphatic rings. The Hall–Kier alpha value is -0.810. The molecule has 0 bridgehead atoms. The highest BCUT2D eigenvalue weighted by atomic mass is 16.7. The zero-order valence-electron chi connectivity index (χ0n) is 7.61. The molecule has 1 atom stereocenters.